The highest BCUT2D eigenvalue weighted by molar-refractivity contribution is 5.80. The molecule has 0 aliphatic heterocycles. The highest BCUT2D eigenvalue weighted by Gasteiger charge is 2.14. The predicted molar refractivity (Wildman–Crippen MR) is 51.3 cm³/mol. The second-order valence-corrected chi connectivity index (χ2v) is 2.70. The van der Waals surface area contributed by atoms with Crippen molar-refractivity contribution in [2.45, 2.75) is 6.10 Å². The number of nitrogens with one attached hydrogen (secondary N) is 1. The van der Waals surface area contributed by atoms with Crippen molar-refractivity contribution in [3.8, 4) is 0 Å². The van der Waals surface area contributed by atoms with Crippen molar-refractivity contribution in [3.63, 3.8) is 0 Å². The van der Waals surface area contributed by atoms with Crippen LogP contribution in [0.15, 0.2) is 0 Å². The molecular formula is C8H16N2O5. The van der Waals surface area contributed by atoms with Gasteiger partial charge in [-0.05, 0) is 0 Å². The number of methoxy groups -OCH3 is 1. The van der Waals surface area contributed by atoms with Crippen LogP contribution in [0.1, 0.15) is 0 Å². The average Bonchev–Trinajstić information content (AvgIpc) is 2.18. The molecule has 88 valence electrons. The molecule has 1 amide bonds. The van der Waals surface area contributed by atoms with Gasteiger partial charge in [-0.3, -0.25) is 4.79 Å². The average molecular weight is 220 g/mol. The quantitative estimate of drug-likeness (QED) is 0.415. The van der Waals surface area contributed by atoms with E-state index in [9.17, 15) is 9.59 Å². The number of carboxylic acid groups (broad SMARTS) is 1. The maximum atomic E-state index is 11.2. The third kappa shape index (κ3) is 6.83. The molecule has 0 heterocycles. The highest BCUT2D eigenvalue weighted by Crippen LogP contribution is 1.86. The number of carbonyl (C=O) groups excluding carboxylic acids is 1. The number of rotatable bonds is 8. The fourth-order valence-corrected chi connectivity index (χ4v) is 0.830. The molecule has 0 saturated heterocycles. The summed E-state index contributed by atoms with van der Waals surface area (Å²) in [6, 6.07) is 0. The maximum absolute atomic E-state index is 11.2. The first kappa shape index (κ1) is 13.8. The van der Waals surface area contributed by atoms with Gasteiger partial charge in [0, 0.05) is 20.2 Å². The molecule has 0 aliphatic rings. The van der Waals surface area contributed by atoms with E-state index >= 15 is 0 Å². The molecule has 1 unspecified atom stereocenters. The standard InChI is InChI=1S/C8H16N2O5/c1-14-6(4-9)8(13)10-2-3-15-5-7(11)12/h6H,2-5,9H2,1H3,(H,10,13)(H,11,12). The maximum Gasteiger partial charge on any atom is 0.329 e. The smallest absolute Gasteiger partial charge is 0.329 e. The van der Waals surface area contributed by atoms with E-state index in [1.54, 1.807) is 0 Å². The zero-order valence-corrected chi connectivity index (χ0v) is 8.56. The number of ether oxygens (including phenoxy) is 2. The molecule has 0 bridgehead atoms. The Balaban J connectivity index is 3.50. The minimum absolute atomic E-state index is 0.0956. The number of nitrogens with two attached hydrogens (primary N) is 1. The van der Waals surface area contributed by atoms with Gasteiger partial charge in [0.15, 0.2) is 0 Å². The molecule has 0 radical (unpaired) electrons. The molecule has 7 nitrogen and oxygen atoms in total. The minimum Gasteiger partial charge on any atom is -0.480 e. The van der Waals surface area contributed by atoms with Crippen LogP contribution in [0.3, 0.4) is 0 Å². The van der Waals surface area contributed by atoms with Crippen molar-refractivity contribution >= 4 is 11.9 Å². The molecule has 0 saturated carbocycles. The number of carbonyl (C=O) groups is 2. The van der Waals surface area contributed by atoms with Gasteiger partial charge < -0.3 is 25.6 Å². The van der Waals surface area contributed by atoms with Gasteiger partial charge in [0.05, 0.1) is 6.61 Å². The lowest BCUT2D eigenvalue weighted by molar-refractivity contribution is -0.142. The number of hydrogen-bond donors (Lipinski definition) is 3. The number of aliphatic carboxylic acids is 1. The van der Waals surface area contributed by atoms with Crippen LogP contribution in [-0.4, -0.2) is 56.5 Å². The van der Waals surface area contributed by atoms with Crippen LogP contribution >= 0.6 is 0 Å². The summed E-state index contributed by atoms with van der Waals surface area (Å²) in [7, 11) is 1.39. The molecule has 1 atom stereocenters. The monoisotopic (exact) mass is 220 g/mol. The molecule has 0 aromatic carbocycles. The molecule has 0 fully saturated rings. The van der Waals surface area contributed by atoms with Crippen LogP contribution in [0.4, 0.5) is 0 Å². The molecule has 4 N–H and O–H groups in total. The lowest BCUT2D eigenvalue weighted by Gasteiger charge is -2.12. The van der Waals surface area contributed by atoms with E-state index in [0.717, 1.165) is 0 Å². The lowest BCUT2D eigenvalue weighted by Crippen LogP contribution is -2.41. The lowest BCUT2D eigenvalue weighted by atomic mass is 10.3. The predicted octanol–water partition coefficient (Wildman–Crippen LogP) is -1.82. The second kappa shape index (κ2) is 8.16. The van der Waals surface area contributed by atoms with Crippen molar-refractivity contribution in [3.05, 3.63) is 0 Å². The first-order valence-corrected chi connectivity index (χ1v) is 4.42. The molecule has 0 aromatic heterocycles. The van der Waals surface area contributed by atoms with Crippen LogP contribution < -0.4 is 11.1 Å². The Labute approximate surface area is 87.5 Å². The van der Waals surface area contributed by atoms with Crippen molar-refractivity contribution < 1.29 is 24.2 Å². The summed E-state index contributed by atoms with van der Waals surface area (Å²) in [6.07, 6.45) is -0.676. The van der Waals surface area contributed by atoms with Gasteiger partial charge in [0.25, 0.3) is 5.91 Å². The van der Waals surface area contributed by atoms with E-state index in [2.05, 4.69) is 5.32 Å². The molecule has 0 aliphatic carbocycles. The summed E-state index contributed by atoms with van der Waals surface area (Å²) in [6.45, 7) is 0.0871. The van der Waals surface area contributed by atoms with Gasteiger partial charge in [-0.25, -0.2) is 4.79 Å². The Kier molecular flexibility index (Phi) is 7.51. The van der Waals surface area contributed by atoms with Crippen LogP contribution in [0, 0.1) is 0 Å². The normalized spacial score (nSPS) is 12.1. The van der Waals surface area contributed by atoms with E-state index < -0.39 is 12.1 Å². The van der Waals surface area contributed by atoms with E-state index in [1.165, 1.54) is 7.11 Å². The topological polar surface area (TPSA) is 111 Å². The van der Waals surface area contributed by atoms with Gasteiger partial charge in [-0.1, -0.05) is 0 Å². The second-order valence-electron chi connectivity index (χ2n) is 2.70. The van der Waals surface area contributed by atoms with E-state index in [1.807, 2.05) is 0 Å². The third-order valence-corrected chi connectivity index (χ3v) is 1.56. The third-order valence-electron chi connectivity index (χ3n) is 1.56. The van der Waals surface area contributed by atoms with Crippen molar-refractivity contribution in [2.75, 3.05) is 33.4 Å². The molecule has 15 heavy (non-hydrogen) atoms. The van der Waals surface area contributed by atoms with Crippen molar-refractivity contribution in [2.24, 2.45) is 5.73 Å². The van der Waals surface area contributed by atoms with Gasteiger partial charge in [-0.15, -0.1) is 0 Å². The number of carboxylic acids is 1. The van der Waals surface area contributed by atoms with Gasteiger partial charge in [0.2, 0.25) is 0 Å². The molecule has 0 spiro atoms. The Hall–Kier alpha value is -1.18. The summed E-state index contributed by atoms with van der Waals surface area (Å²) >= 11 is 0. The van der Waals surface area contributed by atoms with Gasteiger partial charge in [0.1, 0.15) is 12.7 Å². The van der Waals surface area contributed by atoms with Crippen molar-refractivity contribution in [1.29, 1.82) is 0 Å². The molecule has 7 heteroatoms. The molecule has 0 aromatic rings. The summed E-state index contributed by atoms with van der Waals surface area (Å²) < 4.78 is 9.49. The first-order valence-electron chi connectivity index (χ1n) is 4.42. The Morgan fingerprint density at radius 3 is 2.67 bits per heavy atom. The van der Waals surface area contributed by atoms with E-state index in [-0.39, 0.29) is 32.2 Å². The van der Waals surface area contributed by atoms with Crippen LogP contribution in [0.2, 0.25) is 0 Å². The van der Waals surface area contributed by atoms with Crippen LogP contribution in [0.5, 0.6) is 0 Å². The van der Waals surface area contributed by atoms with Crippen molar-refractivity contribution in [1.82, 2.24) is 5.32 Å². The summed E-state index contributed by atoms with van der Waals surface area (Å²) in [5.74, 6) is -1.38. The van der Waals surface area contributed by atoms with E-state index in [0.29, 0.717) is 0 Å². The van der Waals surface area contributed by atoms with Gasteiger partial charge >= 0.3 is 5.97 Å². The van der Waals surface area contributed by atoms with Crippen LogP contribution in [0.25, 0.3) is 0 Å². The highest BCUT2D eigenvalue weighted by atomic mass is 16.5. The Morgan fingerprint density at radius 1 is 1.53 bits per heavy atom. The summed E-state index contributed by atoms with van der Waals surface area (Å²) in [5, 5.41) is 10.7. The fourth-order valence-electron chi connectivity index (χ4n) is 0.830. The van der Waals surface area contributed by atoms with E-state index in [4.69, 9.17) is 20.3 Å². The Morgan fingerprint density at radius 2 is 2.20 bits per heavy atom. The zero-order chi connectivity index (χ0) is 11.7. The SMILES string of the molecule is COC(CN)C(=O)NCCOCC(=O)O. The number of amides is 1. The van der Waals surface area contributed by atoms with Gasteiger partial charge in [-0.2, -0.15) is 0 Å². The largest absolute Gasteiger partial charge is 0.480 e. The Bertz CT molecular complexity index is 205. The fraction of sp³-hybridized carbons (Fsp3) is 0.750. The zero-order valence-electron chi connectivity index (χ0n) is 8.56. The minimum atomic E-state index is -1.04. The van der Waals surface area contributed by atoms with Crippen LogP contribution in [-0.2, 0) is 19.1 Å². The summed E-state index contributed by atoms with van der Waals surface area (Å²) in [5.41, 5.74) is 5.26. The number of hydrogen-bond acceptors (Lipinski definition) is 5. The first-order chi connectivity index (χ1) is 7.11. The molecular weight excluding hydrogens is 204 g/mol. The summed E-state index contributed by atoms with van der Waals surface area (Å²) in [4.78, 5) is 21.3. The molecule has 0 rings (SSSR count).